The van der Waals surface area contributed by atoms with Crippen LogP contribution in [0.15, 0.2) is 73.2 Å². The van der Waals surface area contributed by atoms with E-state index in [1.54, 1.807) is 55.7 Å². The first-order chi connectivity index (χ1) is 14.6. The number of fused-ring (bicyclic) bond motifs is 1. The summed E-state index contributed by atoms with van der Waals surface area (Å²) in [5.41, 5.74) is 0.746. The molecule has 0 saturated heterocycles. The number of carbonyl (C=O) groups excluding carboxylic acids is 2. The third-order valence-corrected chi connectivity index (χ3v) is 4.14. The smallest absolute Gasteiger partial charge is 0.418 e. The van der Waals surface area contributed by atoms with Gasteiger partial charge in [-0.25, -0.2) is 19.6 Å². The molecule has 0 aliphatic rings. The van der Waals surface area contributed by atoms with Gasteiger partial charge in [-0.15, -0.1) is 0 Å². The van der Waals surface area contributed by atoms with Gasteiger partial charge in [0.15, 0.2) is 0 Å². The highest BCUT2D eigenvalue weighted by Crippen LogP contribution is 2.26. The van der Waals surface area contributed by atoms with E-state index < -0.39 is 6.09 Å². The fourth-order valence-corrected chi connectivity index (χ4v) is 2.79. The zero-order valence-electron chi connectivity index (χ0n) is 15.9. The number of amides is 2. The van der Waals surface area contributed by atoms with Crippen LogP contribution in [-0.2, 0) is 0 Å². The third-order valence-electron chi connectivity index (χ3n) is 4.14. The second kappa shape index (κ2) is 8.31. The number of ether oxygens (including phenoxy) is 2. The SMILES string of the molecule is CNC(=O)n1ccc2cc(Oc3cc(NC(=O)Oc4ccccc4)ncn3)ccc21. The van der Waals surface area contributed by atoms with Gasteiger partial charge in [0.25, 0.3) is 0 Å². The van der Waals surface area contributed by atoms with Gasteiger partial charge in [-0.1, -0.05) is 18.2 Å². The number of carbonyl (C=O) groups is 2. The molecule has 0 atom stereocenters. The molecule has 0 bridgehead atoms. The highest BCUT2D eigenvalue weighted by atomic mass is 16.6. The molecule has 2 aromatic carbocycles. The molecule has 2 aromatic heterocycles. The molecule has 4 rings (SSSR count). The molecule has 0 fully saturated rings. The summed E-state index contributed by atoms with van der Waals surface area (Å²) in [6, 6.07) is 17.0. The van der Waals surface area contributed by atoms with Crippen LogP contribution < -0.4 is 20.1 Å². The lowest BCUT2D eigenvalue weighted by Gasteiger charge is -2.08. The van der Waals surface area contributed by atoms with Crippen LogP contribution in [0.5, 0.6) is 17.4 Å². The highest BCUT2D eigenvalue weighted by Gasteiger charge is 2.10. The number of aromatic nitrogens is 3. The van der Waals surface area contributed by atoms with Crippen molar-refractivity contribution in [2.24, 2.45) is 0 Å². The maximum Gasteiger partial charge on any atom is 0.418 e. The topological polar surface area (TPSA) is 107 Å². The standard InChI is InChI=1S/C21H17N5O4/c1-22-20(27)26-10-9-14-11-16(7-8-17(14)26)29-19-12-18(23-13-24-19)25-21(28)30-15-5-3-2-4-6-15/h2-13H,1H3,(H,22,27)(H,23,24,25,28). The molecule has 0 aliphatic heterocycles. The summed E-state index contributed by atoms with van der Waals surface area (Å²) in [7, 11) is 1.57. The number of anilines is 1. The first kappa shape index (κ1) is 18.9. The van der Waals surface area contributed by atoms with Crippen LogP contribution in [0.1, 0.15) is 0 Å². The summed E-state index contributed by atoms with van der Waals surface area (Å²) in [6.45, 7) is 0. The van der Waals surface area contributed by atoms with Crippen molar-refractivity contribution in [2.75, 3.05) is 12.4 Å². The zero-order valence-corrected chi connectivity index (χ0v) is 15.9. The van der Waals surface area contributed by atoms with Gasteiger partial charge >= 0.3 is 12.1 Å². The second-order valence-electron chi connectivity index (χ2n) is 6.13. The Morgan fingerprint density at radius 3 is 2.60 bits per heavy atom. The molecular formula is C21H17N5O4. The fraction of sp³-hybridized carbons (Fsp3) is 0.0476. The lowest BCUT2D eigenvalue weighted by molar-refractivity contribution is 0.215. The highest BCUT2D eigenvalue weighted by molar-refractivity contribution is 5.92. The molecule has 0 spiro atoms. The number of para-hydroxylation sites is 1. The molecule has 0 saturated carbocycles. The molecule has 2 heterocycles. The molecule has 150 valence electrons. The Balaban J connectivity index is 1.46. The molecule has 0 unspecified atom stereocenters. The lowest BCUT2D eigenvalue weighted by Crippen LogP contribution is -2.23. The van der Waals surface area contributed by atoms with Gasteiger partial charge in [0.05, 0.1) is 5.52 Å². The lowest BCUT2D eigenvalue weighted by atomic mass is 10.2. The van der Waals surface area contributed by atoms with Crippen molar-refractivity contribution >= 4 is 28.8 Å². The number of benzene rings is 2. The Hall–Kier alpha value is -4.40. The quantitative estimate of drug-likeness (QED) is 0.533. The Morgan fingerprint density at radius 2 is 1.80 bits per heavy atom. The second-order valence-corrected chi connectivity index (χ2v) is 6.13. The summed E-state index contributed by atoms with van der Waals surface area (Å²) < 4.78 is 12.4. The number of nitrogens with one attached hydrogen (secondary N) is 2. The summed E-state index contributed by atoms with van der Waals surface area (Å²) in [6.07, 6.45) is 2.27. The Bertz CT molecular complexity index is 1210. The number of rotatable bonds is 4. The van der Waals surface area contributed by atoms with Crippen LogP contribution in [0.4, 0.5) is 15.4 Å². The van der Waals surface area contributed by atoms with E-state index in [2.05, 4.69) is 20.6 Å². The first-order valence-corrected chi connectivity index (χ1v) is 8.99. The molecule has 0 aliphatic carbocycles. The minimum atomic E-state index is -0.678. The van der Waals surface area contributed by atoms with E-state index in [1.807, 2.05) is 12.1 Å². The van der Waals surface area contributed by atoms with Gasteiger partial charge in [-0.3, -0.25) is 9.88 Å². The van der Waals surface area contributed by atoms with Gasteiger partial charge in [0, 0.05) is 24.7 Å². The third kappa shape index (κ3) is 4.20. The van der Waals surface area contributed by atoms with Crippen molar-refractivity contribution in [3.05, 3.63) is 73.2 Å². The average Bonchev–Trinajstić information content (AvgIpc) is 3.17. The summed E-state index contributed by atoms with van der Waals surface area (Å²) in [4.78, 5) is 31.9. The van der Waals surface area contributed by atoms with Crippen LogP contribution >= 0.6 is 0 Å². The molecule has 2 N–H and O–H groups in total. The van der Waals surface area contributed by atoms with E-state index in [0.717, 1.165) is 10.9 Å². The predicted octanol–water partition coefficient (Wildman–Crippen LogP) is 4.02. The Kier molecular flexibility index (Phi) is 5.25. The van der Waals surface area contributed by atoms with E-state index in [1.165, 1.54) is 17.0 Å². The van der Waals surface area contributed by atoms with Gasteiger partial charge in [0.1, 0.15) is 23.6 Å². The van der Waals surface area contributed by atoms with Crippen LogP contribution in [-0.4, -0.2) is 33.7 Å². The van der Waals surface area contributed by atoms with Crippen molar-refractivity contribution in [1.82, 2.24) is 19.9 Å². The largest absolute Gasteiger partial charge is 0.439 e. The monoisotopic (exact) mass is 403 g/mol. The summed E-state index contributed by atoms with van der Waals surface area (Å²) >= 11 is 0. The minimum Gasteiger partial charge on any atom is -0.439 e. The van der Waals surface area contributed by atoms with Crippen molar-refractivity contribution in [1.29, 1.82) is 0 Å². The molecule has 9 nitrogen and oxygen atoms in total. The maximum absolute atomic E-state index is 12.0. The fourth-order valence-electron chi connectivity index (χ4n) is 2.79. The Morgan fingerprint density at radius 1 is 0.967 bits per heavy atom. The molecule has 30 heavy (non-hydrogen) atoms. The van der Waals surface area contributed by atoms with Crippen LogP contribution in [0.25, 0.3) is 10.9 Å². The van der Waals surface area contributed by atoms with E-state index >= 15 is 0 Å². The number of nitrogens with zero attached hydrogens (tertiary/aromatic N) is 3. The van der Waals surface area contributed by atoms with Crippen LogP contribution in [0.2, 0.25) is 0 Å². The van der Waals surface area contributed by atoms with Crippen molar-refractivity contribution in [3.63, 3.8) is 0 Å². The van der Waals surface area contributed by atoms with E-state index in [0.29, 0.717) is 11.5 Å². The van der Waals surface area contributed by atoms with Gasteiger partial charge < -0.3 is 14.8 Å². The van der Waals surface area contributed by atoms with E-state index in [4.69, 9.17) is 9.47 Å². The number of hydrogen-bond donors (Lipinski definition) is 2. The van der Waals surface area contributed by atoms with Crippen molar-refractivity contribution in [2.45, 2.75) is 0 Å². The minimum absolute atomic E-state index is 0.229. The van der Waals surface area contributed by atoms with E-state index in [9.17, 15) is 9.59 Å². The van der Waals surface area contributed by atoms with Gasteiger partial charge in [-0.2, -0.15) is 0 Å². The molecular weight excluding hydrogens is 386 g/mol. The van der Waals surface area contributed by atoms with Gasteiger partial charge in [0.2, 0.25) is 5.88 Å². The zero-order chi connectivity index (χ0) is 20.9. The summed E-state index contributed by atoms with van der Waals surface area (Å²) in [5, 5.41) is 5.94. The average molecular weight is 403 g/mol. The molecule has 2 amide bonds. The van der Waals surface area contributed by atoms with Gasteiger partial charge in [-0.05, 0) is 36.4 Å². The predicted molar refractivity (Wildman–Crippen MR) is 110 cm³/mol. The van der Waals surface area contributed by atoms with Crippen molar-refractivity contribution in [3.8, 4) is 17.4 Å². The van der Waals surface area contributed by atoms with E-state index in [-0.39, 0.29) is 17.7 Å². The molecule has 0 radical (unpaired) electrons. The summed E-state index contributed by atoms with van der Waals surface area (Å²) in [5.74, 6) is 1.41. The Labute approximate surface area is 171 Å². The van der Waals surface area contributed by atoms with Crippen LogP contribution in [0.3, 0.4) is 0 Å². The first-order valence-electron chi connectivity index (χ1n) is 8.99. The molecule has 4 aromatic rings. The maximum atomic E-state index is 12.0. The normalized spacial score (nSPS) is 10.4. The molecule has 9 heteroatoms. The van der Waals surface area contributed by atoms with Crippen LogP contribution in [0, 0.1) is 0 Å². The number of hydrogen-bond acceptors (Lipinski definition) is 6. The van der Waals surface area contributed by atoms with Crippen molar-refractivity contribution < 1.29 is 19.1 Å².